The number of H-pyrrole nitrogens is 1. The van der Waals surface area contributed by atoms with Crippen molar-refractivity contribution in [3.63, 3.8) is 0 Å². The summed E-state index contributed by atoms with van der Waals surface area (Å²) < 4.78 is 1.44. The summed E-state index contributed by atoms with van der Waals surface area (Å²) in [5.74, 6) is 0. The molecule has 0 atom stereocenters. The number of hydrogen-bond donors (Lipinski definition) is 4. The van der Waals surface area contributed by atoms with E-state index in [-0.39, 0.29) is 5.56 Å². The van der Waals surface area contributed by atoms with E-state index in [4.69, 9.17) is 10.5 Å². The molecule has 4 N–H and O–H groups in total. The number of aryl methyl sites for hydroxylation is 2. The van der Waals surface area contributed by atoms with Crippen molar-refractivity contribution in [2.45, 2.75) is 6.92 Å². The van der Waals surface area contributed by atoms with Gasteiger partial charge in [0.25, 0.3) is 5.56 Å². The maximum atomic E-state index is 10.6. The van der Waals surface area contributed by atoms with Crippen LogP contribution in [0.25, 0.3) is 0 Å². The molecule has 1 rings (SSSR count). The summed E-state index contributed by atoms with van der Waals surface area (Å²) in [5, 5.41) is 17.0. The average molecular weight is 177 g/mol. The Morgan fingerprint density at radius 3 is 2.33 bits per heavy atom. The molecule has 0 fully saturated rings. The van der Waals surface area contributed by atoms with Crippen molar-refractivity contribution in [3.8, 4) is 0 Å². The van der Waals surface area contributed by atoms with E-state index in [0.29, 0.717) is 0 Å². The quantitative estimate of drug-likeness (QED) is 0.339. The first kappa shape index (κ1) is 10.8. The summed E-state index contributed by atoms with van der Waals surface area (Å²) in [5.41, 5.74) is 1.90. The lowest BCUT2D eigenvalue weighted by atomic mass is 10.5. The first-order valence-electron chi connectivity index (χ1n) is 3.04. The molecule has 12 heavy (non-hydrogen) atoms. The van der Waals surface area contributed by atoms with Gasteiger partial charge < -0.3 is 5.10 Å². The molecule has 1 aromatic heterocycles. The van der Waals surface area contributed by atoms with Gasteiger partial charge in [-0.3, -0.25) is 14.7 Å². The molecule has 0 aliphatic heterocycles. The molecule has 0 radical (unpaired) electrons. The molecule has 1 heterocycles. The van der Waals surface area contributed by atoms with Crippen LogP contribution in [0.3, 0.4) is 0 Å². The normalized spacial score (nSPS) is 9.00. The van der Waals surface area contributed by atoms with E-state index in [1.54, 1.807) is 13.1 Å². The third kappa shape index (κ3) is 3.88. The van der Waals surface area contributed by atoms with Gasteiger partial charge in [0.05, 0.1) is 0 Å². The molecule has 7 heteroatoms. The summed E-state index contributed by atoms with van der Waals surface area (Å²) in [7, 11) is 1.69. The Morgan fingerprint density at radius 1 is 1.75 bits per heavy atom. The number of hydrogen-bond acceptors (Lipinski definition) is 5. The van der Waals surface area contributed by atoms with Crippen LogP contribution in [0.1, 0.15) is 5.69 Å². The molecule has 0 aliphatic carbocycles. The number of rotatable bonds is 1. The van der Waals surface area contributed by atoms with Gasteiger partial charge in [0, 0.05) is 18.8 Å². The molecule has 7 nitrogen and oxygen atoms in total. The number of nitrogens with one attached hydrogen (secondary N) is 2. The largest absolute Gasteiger partial charge is 0.300 e. The van der Waals surface area contributed by atoms with E-state index in [0.717, 1.165) is 11.3 Å². The monoisotopic (exact) mass is 177 g/mol. The fraction of sp³-hybridized carbons (Fsp3) is 0.400. The standard InChI is InChI=1S/C5H8N2O.H3NO3/c1-4-3-5(8)7(2)6-4;2-1-4-3/h3,6H,1-2H3;1-3H. The highest BCUT2D eigenvalue weighted by molar-refractivity contribution is 4.94. The Balaban J connectivity index is 0.000000261. The summed E-state index contributed by atoms with van der Waals surface area (Å²) in [6.45, 7) is 1.85. The second-order valence-corrected chi connectivity index (χ2v) is 2.02. The predicted molar refractivity (Wildman–Crippen MR) is 39.4 cm³/mol. The third-order valence-electron chi connectivity index (χ3n) is 1.06. The fourth-order valence-electron chi connectivity index (χ4n) is 0.634. The van der Waals surface area contributed by atoms with Gasteiger partial charge in [-0.05, 0) is 12.6 Å². The van der Waals surface area contributed by atoms with Crippen molar-refractivity contribution in [1.29, 1.82) is 0 Å². The van der Waals surface area contributed by atoms with Crippen LogP contribution in [0.2, 0.25) is 0 Å². The van der Waals surface area contributed by atoms with Gasteiger partial charge in [0.2, 0.25) is 0 Å². The lowest BCUT2D eigenvalue weighted by molar-refractivity contribution is -0.356. The van der Waals surface area contributed by atoms with Gasteiger partial charge in [-0.1, -0.05) is 0 Å². The van der Waals surface area contributed by atoms with Crippen molar-refractivity contribution in [1.82, 2.24) is 15.4 Å². The zero-order valence-electron chi connectivity index (χ0n) is 6.74. The highest BCUT2D eigenvalue weighted by atomic mass is 17.2. The van der Waals surface area contributed by atoms with Crippen molar-refractivity contribution in [2.75, 3.05) is 0 Å². The predicted octanol–water partition coefficient (Wildman–Crippen LogP) is -0.608. The maximum absolute atomic E-state index is 10.6. The van der Waals surface area contributed by atoms with Gasteiger partial charge >= 0.3 is 0 Å². The van der Waals surface area contributed by atoms with E-state index in [2.05, 4.69) is 10.1 Å². The first-order valence-corrected chi connectivity index (χ1v) is 3.04. The maximum Gasteiger partial charge on any atom is 0.266 e. The number of aromatic amines is 1. The highest BCUT2D eigenvalue weighted by Crippen LogP contribution is 1.80. The molecule has 70 valence electrons. The number of aromatic nitrogens is 2. The zero-order valence-corrected chi connectivity index (χ0v) is 6.74. The van der Waals surface area contributed by atoms with E-state index in [9.17, 15) is 4.79 Å². The van der Waals surface area contributed by atoms with E-state index in [1.807, 2.05) is 6.92 Å². The van der Waals surface area contributed by atoms with E-state index < -0.39 is 0 Å². The van der Waals surface area contributed by atoms with Crippen LogP contribution in [0.4, 0.5) is 0 Å². The van der Waals surface area contributed by atoms with Crippen LogP contribution in [-0.4, -0.2) is 20.2 Å². The summed E-state index contributed by atoms with van der Waals surface area (Å²) in [6.07, 6.45) is 0. The molecule has 0 saturated carbocycles. The van der Waals surface area contributed by atoms with Crippen LogP contribution in [-0.2, 0) is 12.0 Å². The summed E-state index contributed by atoms with van der Waals surface area (Å²) in [6, 6.07) is 1.56. The third-order valence-corrected chi connectivity index (χ3v) is 1.06. The summed E-state index contributed by atoms with van der Waals surface area (Å²) >= 11 is 0. The van der Waals surface area contributed by atoms with Gasteiger partial charge in [-0.15, -0.1) is 4.99 Å². The van der Waals surface area contributed by atoms with Crippen molar-refractivity contribution in [3.05, 3.63) is 22.1 Å². The van der Waals surface area contributed by atoms with Gasteiger partial charge in [0.15, 0.2) is 0 Å². The molecule has 0 amide bonds. The summed E-state index contributed by atoms with van der Waals surface area (Å²) in [4.78, 5) is 13.4. The Hall–Kier alpha value is -1.15. The number of nitrogens with zero attached hydrogens (tertiary/aromatic N) is 1. The van der Waals surface area contributed by atoms with Crippen molar-refractivity contribution >= 4 is 0 Å². The van der Waals surface area contributed by atoms with Crippen LogP contribution in [0.5, 0.6) is 0 Å². The topological polar surface area (TPSA) is 99.5 Å². The average Bonchev–Trinajstić information content (AvgIpc) is 2.30. The van der Waals surface area contributed by atoms with Gasteiger partial charge in [-0.25, -0.2) is 5.26 Å². The lowest BCUT2D eigenvalue weighted by Gasteiger charge is -1.83. The minimum Gasteiger partial charge on any atom is -0.300 e. The molecular formula is C5H11N3O4. The van der Waals surface area contributed by atoms with E-state index in [1.165, 1.54) is 4.68 Å². The fourth-order valence-corrected chi connectivity index (χ4v) is 0.634. The van der Waals surface area contributed by atoms with Crippen molar-refractivity contribution < 1.29 is 15.5 Å². The van der Waals surface area contributed by atoms with Crippen LogP contribution in [0, 0.1) is 6.92 Å². The van der Waals surface area contributed by atoms with Crippen LogP contribution < -0.4 is 11.2 Å². The first-order chi connectivity index (χ1) is 5.61. The lowest BCUT2D eigenvalue weighted by Crippen LogP contribution is -2.09. The molecule has 0 saturated heterocycles. The molecule has 0 spiro atoms. The molecule has 0 unspecified atom stereocenters. The molecule has 0 bridgehead atoms. The Morgan fingerprint density at radius 2 is 2.25 bits per heavy atom. The second-order valence-electron chi connectivity index (χ2n) is 2.02. The Kier molecular flexibility index (Phi) is 4.97. The smallest absolute Gasteiger partial charge is 0.266 e. The Labute approximate surface area is 68.0 Å². The van der Waals surface area contributed by atoms with Gasteiger partial charge in [0.1, 0.15) is 0 Å². The molecule has 1 aromatic rings. The van der Waals surface area contributed by atoms with Gasteiger partial charge in [-0.2, -0.15) is 0 Å². The SMILES string of the molecule is Cc1cc(=O)n(C)[nH]1.ONOO. The minimum absolute atomic E-state index is 0.0162. The molecule has 0 aromatic carbocycles. The Bertz CT molecular complexity index is 264. The van der Waals surface area contributed by atoms with Crippen molar-refractivity contribution in [2.24, 2.45) is 7.05 Å². The highest BCUT2D eigenvalue weighted by Gasteiger charge is 1.89. The molecule has 0 aliphatic rings. The second kappa shape index (κ2) is 5.49. The van der Waals surface area contributed by atoms with Crippen LogP contribution >= 0.6 is 0 Å². The minimum atomic E-state index is 0.0162. The molecular weight excluding hydrogens is 166 g/mol. The zero-order chi connectivity index (χ0) is 9.56. The van der Waals surface area contributed by atoms with Crippen LogP contribution in [0.15, 0.2) is 10.9 Å². The van der Waals surface area contributed by atoms with E-state index >= 15 is 0 Å².